The highest BCUT2D eigenvalue weighted by molar-refractivity contribution is 5.74. The molecule has 8 nitrogen and oxygen atoms in total. The van der Waals surface area contributed by atoms with Gasteiger partial charge in [0.25, 0.3) is 5.69 Å². The lowest BCUT2D eigenvalue weighted by molar-refractivity contribution is -0.388. The summed E-state index contributed by atoms with van der Waals surface area (Å²) in [4.78, 5) is 29.1. The molecule has 2 amide bonds. The number of piperazine rings is 1. The van der Waals surface area contributed by atoms with Crippen molar-refractivity contribution in [2.75, 3.05) is 50.0 Å². The lowest BCUT2D eigenvalue weighted by atomic mass is 9.85. The summed E-state index contributed by atoms with van der Waals surface area (Å²) in [7, 11) is 1.83. The molecule has 2 aromatic carbocycles. The van der Waals surface area contributed by atoms with Gasteiger partial charge in [-0.15, -0.1) is 0 Å². The van der Waals surface area contributed by atoms with Crippen LogP contribution in [0, 0.1) is 16.0 Å². The maximum absolute atomic E-state index is 13.3. The number of carbonyl (C=O) groups is 1. The molecule has 0 radical (unpaired) electrons. The molecular formula is C30H40F3N5O3. The maximum Gasteiger partial charge on any atom is 0.423 e. The van der Waals surface area contributed by atoms with E-state index >= 15 is 0 Å². The molecule has 1 aliphatic carbocycles. The van der Waals surface area contributed by atoms with Crippen molar-refractivity contribution >= 4 is 23.1 Å². The summed E-state index contributed by atoms with van der Waals surface area (Å²) in [6.07, 6.45) is -1.63. The molecule has 11 heteroatoms. The van der Waals surface area contributed by atoms with Crippen molar-refractivity contribution in [3.63, 3.8) is 0 Å². The first-order valence-corrected chi connectivity index (χ1v) is 14.2. The number of hydrogen-bond acceptors (Lipinski definition) is 5. The number of nitrogens with one attached hydrogen (secondary N) is 1. The Bertz CT molecular complexity index is 1210. The Morgan fingerprint density at radius 1 is 1.00 bits per heavy atom. The van der Waals surface area contributed by atoms with Crippen LogP contribution in [0.2, 0.25) is 0 Å². The average molecular weight is 576 g/mol. The fourth-order valence-electron chi connectivity index (χ4n) is 5.77. The lowest BCUT2D eigenvalue weighted by Crippen LogP contribution is -2.52. The summed E-state index contributed by atoms with van der Waals surface area (Å²) < 4.78 is 39.9. The number of carbonyl (C=O) groups excluding carboxylic acids is 1. The minimum absolute atomic E-state index is 0.0264. The molecule has 1 saturated carbocycles. The van der Waals surface area contributed by atoms with E-state index in [0.29, 0.717) is 25.6 Å². The lowest BCUT2D eigenvalue weighted by Gasteiger charge is -2.39. The first-order valence-electron chi connectivity index (χ1n) is 14.2. The third-order valence-corrected chi connectivity index (χ3v) is 8.22. The van der Waals surface area contributed by atoms with E-state index in [0.717, 1.165) is 50.9 Å². The molecule has 1 N–H and O–H groups in total. The van der Waals surface area contributed by atoms with Gasteiger partial charge in [0.1, 0.15) is 5.56 Å². The molecule has 41 heavy (non-hydrogen) atoms. The fourth-order valence-corrected chi connectivity index (χ4v) is 5.77. The maximum atomic E-state index is 13.3. The number of anilines is 2. The van der Waals surface area contributed by atoms with E-state index in [2.05, 4.69) is 55.3 Å². The van der Waals surface area contributed by atoms with E-state index in [-0.39, 0.29) is 23.2 Å². The number of alkyl halides is 3. The van der Waals surface area contributed by atoms with Crippen molar-refractivity contribution in [2.45, 2.75) is 64.1 Å². The van der Waals surface area contributed by atoms with Crippen molar-refractivity contribution in [2.24, 2.45) is 5.92 Å². The van der Waals surface area contributed by atoms with Crippen LogP contribution in [0.15, 0.2) is 42.5 Å². The first-order chi connectivity index (χ1) is 19.2. The van der Waals surface area contributed by atoms with Crippen LogP contribution in [0.5, 0.6) is 0 Å². The van der Waals surface area contributed by atoms with Gasteiger partial charge in [-0.1, -0.05) is 32.9 Å². The highest BCUT2D eigenvalue weighted by Gasteiger charge is 2.38. The van der Waals surface area contributed by atoms with Gasteiger partial charge >= 0.3 is 12.2 Å². The summed E-state index contributed by atoms with van der Waals surface area (Å²) in [5.41, 5.74) is 0.604. The molecule has 2 aliphatic rings. The second-order valence-corrected chi connectivity index (χ2v) is 12.3. The summed E-state index contributed by atoms with van der Waals surface area (Å²) in [6, 6.07) is 11.7. The van der Waals surface area contributed by atoms with Gasteiger partial charge in [-0.25, -0.2) is 4.79 Å². The van der Waals surface area contributed by atoms with Crippen molar-refractivity contribution in [1.82, 2.24) is 9.80 Å². The first kappa shape index (κ1) is 30.5. The monoisotopic (exact) mass is 575 g/mol. The van der Waals surface area contributed by atoms with Crippen LogP contribution in [0.3, 0.4) is 0 Å². The Morgan fingerprint density at radius 3 is 2.15 bits per heavy atom. The number of nitro benzene ring substituents is 1. The van der Waals surface area contributed by atoms with Crippen molar-refractivity contribution < 1.29 is 22.9 Å². The quantitative estimate of drug-likeness (QED) is 0.304. The molecule has 2 aromatic rings. The molecule has 0 unspecified atom stereocenters. The number of hydrogen-bond donors (Lipinski definition) is 1. The molecule has 0 spiro atoms. The number of halogens is 3. The van der Waals surface area contributed by atoms with Crippen LogP contribution in [-0.4, -0.2) is 66.6 Å². The molecule has 1 heterocycles. The predicted molar refractivity (Wildman–Crippen MR) is 154 cm³/mol. The van der Waals surface area contributed by atoms with E-state index < -0.39 is 22.4 Å². The molecule has 4 rings (SSSR count). The SMILES string of the molecule is CN(C[C@H]1CC[C@H](Nc2ccc([N+](=O)[O-])c(C(F)(F)F)c2)CC1)C(=O)N1CCN(c2ccc(C(C)(C)C)cc2)CC1. The largest absolute Gasteiger partial charge is 0.423 e. The number of urea groups is 1. The minimum Gasteiger partial charge on any atom is -0.382 e. The van der Waals surface area contributed by atoms with Crippen LogP contribution in [0.4, 0.5) is 35.0 Å². The van der Waals surface area contributed by atoms with Crippen LogP contribution in [-0.2, 0) is 11.6 Å². The highest BCUT2D eigenvalue weighted by Crippen LogP contribution is 2.38. The summed E-state index contributed by atoms with van der Waals surface area (Å²) in [6.45, 7) is 10.1. The van der Waals surface area contributed by atoms with Gasteiger partial charge in [0.05, 0.1) is 4.92 Å². The number of nitrogens with zero attached hydrogens (tertiary/aromatic N) is 4. The zero-order chi connectivity index (χ0) is 29.9. The number of benzene rings is 2. The molecule has 1 saturated heterocycles. The highest BCUT2D eigenvalue weighted by atomic mass is 19.4. The third-order valence-electron chi connectivity index (χ3n) is 8.22. The fraction of sp³-hybridized carbons (Fsp3) is 0.567. The third kappa shape index (κ3) is 7.62. The normalized spacial score (nSPS) is 20.1. The average Bonchev–Trinajstić information content (AvgIpc) is 2.93. The summed E-state index contributed by atoms with van der Waals surface area (Å²) in [5.74, 6) is 0.312. The minimum atomic E-state index is -4.81. The Balaban J connectivity index is 1.23. The topological polar surface area (TPSA) is 82.0 Å². The zero-order valence-corrected chi connectivity index (χ0v) is 24.2. The van der Waals surface area contributed by atoms with Crippen LogP contribution < -0.4 is 10.2 Å². The van der Waals surface area contributed by atoms with Crippen LogP contribution in [0.1, 0.15) is 57.6 Å². The molecule has 1 aliphatic heterocycles. The molecular weight excluding hydrogens is 535 g/mol. The van der Waals surface area contributed by atoms with E-state index in [1.165, 1.54) is 17.3 Å². The second-order valence-electron chi connectivity index (χ2n) is 12.3. The van der Waals surface area contributed by atoms with Gasteiger partial charge in [-0.05, 0) is 66.8 Å². The molecule has 0 bridgehead atoms. The summed E-state index contributed by atoms with van der Waals surface area (Å²) in [5, 5.41) is 14.1. The van der Waals surface area contributed by atoms with Gasteiger partial charge < -0.3 is 20.0 Å². The smallest absolute Gasteiger partial charge is 0.382 e. The van der Waals surface area contributed by atoms with E-state index in [4.69, 9.17) is 0 Å². The molecule has 2 fully saturated rings. The van der Waals surface area contributed by atoms with Gasteiger partial charge in [-0.2, -0.15) is 13.2 Å². The zero-order valence-electron chi connectivity index (χ0n) is 24.2. The summed E-state index contributed by atoms with van der Waals surface area (Å²) >= 11 is 0. The molecule has 0 atom stereocenters. The van der Waals surface area contributed by atoms with Crippen molar-refractivity contribution in [3.05, 3.63) is 63.7 Å². The Labute approximate surface area is 239 Å². The van der Waals surface area contributed by atoms with Crippen molar-refractivity contribution in [3.8, 4) is 0 Å². The van der Waals surface area contributed by atoms with Gasteiger partial charge in [0.2, 0.25) is 0 Å². The van der Waals surface area contributed by atoms with E-state index in [1.807, 2.05) is 11.9 Å². The molecule has 224 valence electrons. The van der Waals surface area contributed by atoms with Crippen LogP contribution in [0.25, 0.3) is 0 Å². The second kappa shape index (κ2) is 12.2. The Morgan fingerprint density at radius 2 is 1.61 bits per heavy atom. The standard InChI is InChI=1S/C30H40F3N5O3/c1-29(2,3)22-7-12-25(13-8-22)36-15-17-37(18-16-36)28(39)35(4)20-21-5-9-23(10-6-21)34-24-11-14-27(38(40)41)26(19-24)30(31,32)33/h7-8,11-14,19,21,23,34H,5-6,9-10,15-18,20H2,1-4H3/t21-,23-. The number of nitro groups is 1. The number of rotatable bonds is 6. The van der Waals surface area contributed by atoms with E-state index in [9.17, 15) is 28.1 Å². The Hall–Kier alpha value is -3.50. The molecule has 0 aromatic heterocycles. The van der Waals surface area contributed by atoms with E-state index in [1.54, 1.807) is 4.90 Å². The van der Waals surface area contributed by atoms with Gasteiger partial charge in [0, 0.05) is 63.3 Å². The number of amides is 2. The van der Waals surface area contributed by atoms with Gasteiger partial charge in [-0.3, -0.25) is 10.1 Å². The van der Waals surface area contributed by atoms with Gasteiger partial charge in [0.15, 0.2) is 0 Å². The van der Waals surface area contributed by atoms with Crippen molar-refractivity contribution in [1.29, 1.82) is 0 Å². The van der Waals surface area contributed by atoms with Crippen LogP contribution >= 0.6 is 0 Å². The Kier molecular flexibility index (Phi) is 9.03. The predicted octanol–water partition coefficient (Wildman–Crippen LogP) is 6.76.